The zero-order valence-electron chi connectivity index (χ0n) is 68.2. The molecule has 17 nitrogen and oxygen atoms in total. The molecule has 0 aliphatic carbocycles. The second-order valence-electron chi connectivity index (χ2n) is 31.9. The number of nitrogens with zero attached hydrogens (tertiary/aromatic N) is 8. The molecule has 0 radical (unpaired) electrons. The molecule has 21 heteroatoms. The number of amides is 8. The van der Waals surface area contributed by atoms with Crippen LogP contribution in [0, 0.1) is 13.8 Å². The number of fused-ring (bicyclic) bond motifs is 12. The summed E-state index contributed by atoms with van der Waals surface area (Å²) in [6.07, 6.45) is 3.44. The summed E-state index contributed by atoms with van der Waals surface area (Å²) < 4.78 is 7.25. The van der Waals surface area contributed by atoms with Crippen LogP contribution in [0.2, 0.25) is 10.0 Å². The number of halogens is 4. The van der Waals surface area contributed by atoms with Crippen LogP contribution < -0.4 is 4.74 Å². The second kappa shape index (κ2) is 34.6. The van der Waals surface area contributed by atoms with Crippen LogP contribution in [0.3, 0.4) is 0 Å². The SMILES string of the molecule is COc1ccc(CC(=O)N2CCN3C(=O)c4ccccc4C23c2ccc(Cl)cc2)cc1.Cc1ccc(C23c4ccccc4C(=O)N2CCN3C(=O)CCc2ccc(Br)cc2)cc1.Cc1ccc(C23c4ccccc4C(=O)N2CCN3C(=O)CCc2ccccc2)cc1.O=C(CCc1ccc(Br)cc1)N1CCN2C(=O)c3ccccc3C12c1ccc(Cl)cc1. The molecular formula is C102H88Br2Cl2N8O9. The minimum atomic E-state index is -0.957. The number of hydrogen-bond donors (Lipinski definition) is 0. The Morgan fingerprint density at radius 3 is 0.870 bits per heavy atom. The van der Waals surface area contributed by atoms with E-state index in [1.165, 1.54) is 0 Å². The van der Waals surface area contributed by atoms with Crippen LogP contribution in [0.25, 0.3) is 0 Å². The molecule has 8 heterocycles. The minimum Gasteiger partial charge on any atom is -0.497 e. The molecule has 20 rings (SSSR count). The predicted molar refractivity (Wildman–Crippen MR) is 482 cm³/mol. The van der Waals surface area contributed by atoms with Crippen LogP contribution >= 0.6 is 55.1 Å². The maximum atomic E-state index is 13.6. The minimum absolute atomic E-state index is 0.000570. The van der Waals surface area contributed by atoms with E-state index >= 15 is 0 Å². The summed E-state index contributed by atoms with van der Waals surface area (Å²) in [5.41, 5.74) is 12.8. The van der Waals surface area contributed by atoms with Gasteiger partial charge in [0.15, 0.2) is 22.7 Å². The normalized spacial score (nSPS) is 19.5. The second-order valence-corrected chi connectivity index (χ2v) is 34.6. The number of benzene rings is 12. The van der Waals surface area contributed by atoms with E-state index in [9.17, 15) is 38.4 Å². The fraction of sp³-hybridized carbons (Fsp3) is 0.216. The van der Waals surface area contributed by atoms with Gasteiger partial charge in [-0.1, -0.05) is 279 Å². The van der Waals surface area contributed by atoms with Gasteiger partial charge in [-0.15, -0.1) is 0 Å². The number of ether oxygens (including phenoxy) is 1. The molecule has 0 aromatic heterocycles. The fourth-order valence-electron chi connectivity index (χ4n) is 19.5. The third-order valence-electron chi connectivity index (χ3n) is 25.1. The van der Waals surface area contributed by atoms with Crippen molar-refractivity contribution in [2.75, 3.05) is 59.5 Å². The van der Waals surface area contributed by atoms with Gasteiger partial charge in [-0.25, -0.2) is 0 Å². The Bertz CT molecular complexity index is 5880. The number of carbonyl (C=O) groups excluding carboxylic acids is 8. The van der Waals surface area contributed by atoms with Crippen molar-refractivity contribution in [1.29, 1.82) is 0 Å². The molecule has 4 saturated heterocycles. The predicted octanol–water partition coefficient (Wildman–Crippen LogP) is 18.3. The monoisotopic (exact) mass is 1800 g/mol. The molecule has 0 bridgehead atoms. The molecule has 123 heavy (non-hydrogen) atoms. The molecule has 12 aromatic rings. The summed E-state index contributed by atoms with van der Waals surface area (Å²) in [4.78, 5) is 122. The van der Waals surface area contributed by atoms with Gasteiger partial charge in [-0.05, 0) is 140 Å². The van der Waals surface area contributed by atoms with Gasteiger partial charge in [-0.3, -0.25) is 38.4 Å². The van der Waals surface area contributed by atoms with Crippen LogP contribution in [-0.4, -0.2) is 146 Å². The highest BCUT2D eigenvalue weighted by molar-refractivity contribution is 9.10. The number of carbonyl (C=O) groups is 8. The lowest BCUT2D eigenvalue weighted by atomic mass is 9.89. The number of hydrogen-bond acceptors (Lipinski definition) is 9. The van der Waals surface area contributed by atoms with Gasteiger partial charge in [0.1, 0.15) is 5.75 Å². The summed E-state index contributed by atoms with van der Waals surface area (Å²) in [7, 11) is 1.61. The average molecular weight is 1800 g/mol. The lowest BCUT2D eigenvalue weighted by Crippen LogP contribution is -2.52. The third-order valence-corrected chi connectivity index (χ3v) is 26.7. The van der Waals surface area contributed by atoms with Crippen LogP contribution in [-0.2, 0) is 67.5 Å². The summed E-state index contributed by atoms with van der Waals surface area (Å²) in [5.74, 6) is 0.804. The van der Waals surface area contributed by atoms with E-state index in [1.54, 1.807) is 19.2 Å². The molecule has 0 spiro atoms. The number of aryl methyl sites for hydroxylation is 5. The van der Waals surface area contributed by atoms with Crippen LogP contribution in [0.15, 0.2) is 306 Å². The van der Waals surface area contributed by atoms with Crippen LogP contribution in [0.5, 0.6) is 5.75 Å². The summed E-state index contributed by atoms with van der Waals surface area (Å²) in [6.45, 7) is 8.19. The van der Waals surface area contributed by atoms with E-state index < -0.39 is 22.7 Å². The van der Waals surface area contributed by atoms with Crippen molar-refractivity contribution < 1.29 is 43.1 Å². The van der Waals surface area contributed by atoms with Crippen molar-refractivity contribution in [3.63, 3.8) is 0 Å². The smallest absolute Gasteiger partial charge is 0.256 e. The van der Waals surface area contributed by atoms with E-state index in [0.29, 0.717) is 123 Å². The lowest BCUT2D eigenvalue weighted by Gasteiger charge is -2.40. The molecule has 4 atom stereocenters. The first-order valence-corrected chi connectivity index (χ1v) is 43.7. The van der Waals surface area contributed by atoms with E-state index in [4.69, 9.17) is 27.9 Å². The average Bonchev–Trinajstić information content (AvgIpc) is 1.52. The zero-order valence-corrected chi connectivity index (χ0v) is 72.8. The van der Waals surface area contributed by atoms with Crippen molar-refractivity contribution in [2.45, 2.75) is 81.4 Å². The summed E-state index contributed by atoms with van der Waals surface area (Å²) >= 11 is 19.2. The Balaban J connectivity index is 0.000000116. The Morgan fingerprint density at radius 1 is 0.309 bits per heavy atom. The topological polar surface area (TPSA) is 172 Å². The zero-order chi connectivity index (χ0) is 85.5. The molecule has 8 aliphatic rings. The molecule has 8 aliphatic heterocycles. The van der Waals surface area contributed by atoms with E-state index in [1.807, 2.05) is 290 Å². The Labute approximate surface area is 742 Å². The first kappa shape index (κ1) is 83.0. The maximum Gasteiger partial charge on any atom is 0.256 e. The highest BCUT2D eigenvalue weighted by Crippen LogP contribution is 2.55. The molecule has 12 aromatic carbocycles. The van der Waals surface area contributed by atoms with Crippen molar-refractivity contribution in [1.82, 2.24) is 39.2 Å². The van der Waals surface area contributed by atoms with Crippen LogP contribution in [0.1, 0.15) is 139 Å². The van der Waals surface area contributed by atoms with Gasteiger partial charge in [0.2, 0.25) is 23.6 Å². The third kappa shape index (κ3) is 14.7. The van der Waals surface area contributed by atoms with E-state index in [-0.39, 0.29) is 53.7 Å². The van der Waals surface area contributed by atoms with Gasteiger partial charge in [-0.2, -0.15) is 0 Å². The van der Waals surface area contributed by atoms with Gasteiger partial charge in [0, 0.05) is 157 Å². The fourth-order valence-corrected chi connectivity index (χ4v) is 20.2. The highest BCUT2D eigenvalue weighted by atomic mass is 79.9. The maximum absolute atomic E-state index is 13.6. The first-order chi connectivity index (χ1) is 59.7. The standard InChI is InChI=1S/C26H23BrN2O2.C26H24N2O2.C25H20BrClN2O2.C25H21ClN2O3/c1-18-6-11-20(12-7-18)26-23-5-3-2-4-22(23)25(31)29(26)17-16-28(26)24(30)15-10-19-8-13-21(27)14-9-19;1-19-11-14-21(15-12-19)26-23-10-6-5-9-22(23)25(30)28(26)18-17-27(26)24(29)16-13-20-7-3-2-4-8-20;26-19-10-5-17(6-11-19)7-14-23(30)28-15-16-29-24(31)21-3-1-2-4-22(21)25(28,29)18-8-12-20(27)13-9-18;1-31-20-12-6-17(7-13-20)16-23(29)27-14-15-28-24(30)21-4-2-3-5-22(21)25(27,28)18-8-10-19(26)11-9-18/h2-9,11-14H,10,15-17H2,1H3;2-12,14-15H,13,16-18H2,1H3;1-6,8-13H,7,14-16H2;2-13H,14-16H2,1H3. The van der Waals surface area contributed by atoms with Crippen molar-refractivity contribution in [3.8, 4) is 5.75 Å². The molecule has 618 valence electrons. The first-order valence-electron chi connectivity index (χ1n) is 41.4. The van der Waals surface area contributed by atoms with E-state index in [2.05, 4.69) is 80.4 Å². The van der Waals surface area contributed by atoms with Gasteiger partial charge < -0.3 is 43.9 Å². The molecule has 0 saturated carbocycles. The van der Waals surface area contributed by atoms with Crippen molar-refractivity contribution in [3.05, 3.63) is 416 Å². The summed E-state index contributed by atoms with van der Waals surface area (Å²) in [5, 5.41) is 1.23. The molecule has 8 amide bonds. The lowest BCUT2D eigenvalue weighted by molar-refractivity contribution is -0.137. The van der Waals surface area contributed by atoms with Gasteiger partial charge >= 0.3 is 0 Å². The van der Waals surface area contributed by atoms with Crippen LogP contribution in [0.4, 0.5) is 0 Å². The Morgan fingerprint density at radius 2 is 0.569 bits per heavy atom. The largest absolute Gasteiger partial charge is 0.497 e. The number of methoxy groups -OCH3 is 1. The van der Waals surface area contributed by atoms with Crippen molar-refractivity contribution >= 4 is 102 Å². The van der Waals surface area contributed by atoms with E-state index in [0.717, 1.165) is 92.6 Å². The van der Waals surface area contributed by atoms with Gasteiger partial charge in [0.25, 0.3) is 23.6 Å². The van der Waals surface area contributed by atoms with Gasteiger partial charge in [0.05, 0.1) is 13.5 Å². The molecule has 4 fully saturated rings. The molecule has 4 unspecified atom stereocenters. The van der Waals surface area contributed by atoms with Crippen molar-refractivity contribution in [2.24, 2.45) is 0 Å². The highest BCUT2D eigenvalue weighted by Gasteiger charge is 2.64. The molecular weight excluding hydrogens is 1710 g/mol. The molecule has 0 N–H and O–H groups in total. The Hall–Kier alpha value is -12.3. The number of rotatable bonds is 16. The quantitative estimate of drug-likeness (QED) is 0.0913. The Kier molecular flexibility index (Phi) is 23.3. The summed E-state index contributed by atoms with van der Waals surface area (Å²) in [6, 6.07) is 95.6.